The van der Waals surface area contributed by atoms with E-state index in [-0.39, 0.29) is 11.8 Å². The molecule has 0 saturated carbocycles. The minimum absolute atomic E-state index is 0.00536. The van der Waals surface area contributed by atoms with E-state index >= 15 is 0 Å². The predicted molar refractivity (Wildman–Crippen MR) is 117 cm³/mol. The Kier molecular flexibility index (Phi) is 5.34. The predicted octanol–water partition coefficient (Wildman–Crippen LogP) is 3.48. The van der Waals surface area contributed by atoms with E-state index in [0.717, 1.165) is 30.1 Å². The van der Waals surface area contributed by atoms with Crippen LogP contribution in [0.4, 0.5) is 11.5 Å². The number of thiophene rings is 1. The number of aryl methyl sites for hydroxylation is 1. The number of hydrogen-bond acceptors (Lipinski definition) is 5. The molecule has 1 fully saturated rings. The van der Waals surface area contributed by atoms with Crippen LogP contribution in [-0.4, -0.2) is 36.4 Å². The molecule has 154 valence electrons. The topological polar surface area (TPSA) is 74.3 Å². The Hall–Kier alpha value is -2.41. The van der Waals surface area contributed by atoms with Gasteiger partial charge in [-0.3, -0.25) is 9.59 Å². The van der Waals surface area contributed by atoms with E-state index in [1.165, 1.54) is 16.9 Å². The molecule has 1 unspecified atom stereocenters. The standard InChI is InChI=1S/C22H28N4O2S/c1-22(2,3)15-4-6-17-14(10-15)11-18(29-17)21(28)25-16-5-7-19(24-12-16)26-9-8-23-20(27)13-26/h5,7,11-12,15H,4,6,8-10,13H2,1-3H3,(H,23,27)(H,25,28). The summed E-state index contributed by atoms with van der Waals surface area (Å²) >= 11 is 1.62. The number of fused-ring (bicyclic) bond motifs is 1. The van der Waals surface area contributed by atoms with Crippen LogP contribution in [0.25, 0.3) is 0 Å². The molecule has 2 aromatic rings. The van der Waals surface area contributed by atoms with E-state index in [1.54, 1.807) is 17.5 Å². The van der Waals surface area contributed by atoms with Gasteiger partial charge in [-0.05, 0) is 54.4 Å². The number of anilines is 2. The number of pyridine rings is 1. The normalized spacial score (nSPS) is 19.5. The maximum atomic E-state index is 12.7. The number of nitrogens with zero attached hydrogens (tertiary/aromatic N) is 2. The molecule has 0 spiro atoms. The average molecular weight is 413 g/mol. The SMILES string of the molecule is CC(C)(C)C1CCc2sc(C(=O)Nc3ccc(N4CCNC(=O)C4)nc3)cc2C1. The van der Waals surface area contributed by atoms with Gasteiger partial charge in [0.1, 0.15) is 5.82 Å². The van der Waals surface area contributed by atoms with Crippen molar-refractivity contribution in [3.8, 4) is 0 Å². The van der Waals surface area contributed by atoms with Crippen molar-refractivity contribution in [3.05, 3.63) is 39.7 Å². The highest BCUT2D eigenvalue weighted by molar-refractivity contribution is 7.14. The van der Waals surface area contributed by atoms with E-state index < -0.39 is 0 Å². The van der Waals surface area contributed by atoms with Crippen LogP contribution in [-0.2, 0) is 17.6 Å². The summed E-state index contributed by atoms with van der Waals surface area (Å²) in [6, 6.07) is 5.76. The van der Waals surface area contributed by atoms with Crippen molar-refractivity contribution >= 4 is 34.7 Å². The van der Waals surface area contributed by atoms with Crippen molar-refractivity contribution in [2.24, 2.45) is 11.3 Å². The molecule has 7 heteroatoms. The van der Waals surface area contributed by atoms with Gasteiger partial charge in [-0.25, -0.2) is 4.98 Å². The van der Waals surface area contributed by atoms with E-state index in [0.29, 0.717) is 30.1 Å². The van der Waals surface area contributed by atoms with Gasteiger partial charge in [0.15, 0.2) is 0 Å². The van der Waals surface area contributed by atoms with E-state index in [4.69, 9.17) is 0 Å². The van der Waals surface area contributed by atoms with Gasteiger partial charge in [0, 0.05) is 18.0 Å². The summed E-state index contributed by atoms with van der Waals surface area (Å²) < 4.78 is 0. The highest BCUT2D eigenvalue weighted by Gasteiger charge is 2.30. The molecule has 0 radical (unpaired) electrons. The lowest BCUT2D eigenvalue weighted by Gasteiger charge is -2.33. The second-order valence-electron chi connectivity index (χ2n) is 9.00. The van der Waals surface area contributed by atoms with Gasteiger partial charge in [0.2, 0.25) is 5.91 Å². The first kappa shape index (κ1) is 19.9. The molecular weight excluding hydrogens is 384 g/mol. The Morgan fingerprint density at radius 2 is 2.17 bits per heavy atom. The molecule has 2 aliphatic rings. The van der Waals surface area contributed by atoms with Crippen LogP contribution in [0.5, 0.6) is 0 Å². The molecule has 1 aliphatic carbocycles. The van der Waals surface area contributed by atoms with Gasteiger partial charge in [-0.2, -0.15) is 0 Å². The number of carbonyl (C=O) groups excluding carboxylic acids is 2. The molecule has 6 nitrogen and oxygen atoms in total. The summed E-state index contributed by atoms with van der Waals surface area (Å²) in [6.45, 7) is 8.58. The Bertz CT molecular complexity index is 914. The molecule has 0 bridgehead atoms. The highest BCUT2D eigenvalue weighted by Crippen LogP contribution is 2.40. The Morgan fingerprint density at radius 3 is 2.86 bits per heavy atom. The zero-order valence-corrected chi connectivity index (χ0v) is 18.1. The smallest absolute Gasteiger partial charge is 0.265 e. The maximum Gasteiger partial charge on any atom is 0.265 e. The number of rotatable bonds is 3. The summed E-state index contributed by atoms with van der Waals surface area (Å²) in [7, 11) is 0. The van der Waals surface area contributed by atoms with Crippen LogP contribution in [0.2, 0.25) is 0 Å². The minimum atomic E-state index is -0.0800. The summed E-state index contributed by atoms with van der Waals surface area (Å²) in [6.07, 6.45) is 4.97. The number of carbonyl (C=O) groups is 2. The quantitative estimate of drug-likeness (QED) is 0.809. The molecule has 29 heavy (non-hydrogen) atoms. The van der Waals surface area contributed by atoms with Crippen molar-refractivity contribution in [1.82, 2.24) is 10.3 Å². The lowest BCUT2D eigenvalue weighted by molar-refractivity contribution is -0.120. The monoisotopic (exact) mass is 412 g/mol. The number of nitrogens with one attached hydrogen (secondary N) is 2. The Labute approximate surface area is 175 Å². The maximum absolute atomic E-state index is 12.7. The molecule has 2 amide bonds. The van der Waals surface area contributed by atoms with Gasteiger partial charge < -0.3 is 15.5 Å². The Balaban J connectivity index is 1.41. The zero-order chi connectivity index (χ0) is 20.6. The van der Waals surface area contributed by atoms with Crippen LogP contribution < -0.4 is 15.5 Å². The molecule has 3 heterocycles. The van der Waals surface area contributed by atoms with Crippen LogP contribution in [0.3, 0.4) is 0 Å². The van der Waals surface area contributed by atoms with E-state index in [1.807, 2.05) is 17.0 Å². The van der Waals surface area contributed by atoms with Crippen molar-refractivity contribution in [2.75, 3.05) is 29.9 Å². The van der Waals surface area contributed by atoms with Crippen LogP contribution in [0.1, 0.15) is 47.3 Å². The fourth-order valence-corrected chi connectivity index (χ4v) is 5.15. The van der Waals surface area contributed by atoms with E-state index in [2.05, 4.69) is 42.5 Å². The van der Waals surface area contributed by atoms with Gasteiger partial charge in [0.25, 0.3) is 5.91 Å². The fourth-order valence-electron chi connectivity index (χ4n) is 4.05. The van der Waals surface area contributed by atoms with Crippen molar-refractivity contribution < 1.29 is 9.59 Å². The van der Waals surface area contributed by atoms with Crippen molar-refractivity contribution in [3.63, 3.8) is 0 Å². The summed E-state index contributed by atoms with van der Waals surface area (Å²) in [4.78, 5) is 32.8. The average Bonchev–Trinajstić information content (AvgIpc) is 3.11. The minimum Gasteiger partial charge on any atom is -0.353 e. The highest BCUT2D eigenvalue weighted by atomic mass is 32.1. The van der Waals surface area contributed by atoms with Gasteiger partial charge >= 0.3 is 0 Å². The first-order valence-electron chi connectivity index (χ1n) is 10.2. The largest absolute Gasteiger partial charge is 0.353 e. The molecule has 1 saturated heterocycles. The molecule has 4 rings (SSSR count). The third-order valence-corrected chi connectivity index (χ3v) is 7.14. The van der Waals surface area contributed by atoms with Crippen LogP contribution >= 0.6 is 11.3 Å². The molecule has 2 aromatic heterocycles. The zero-order valence-electron chi connectivity index (χ0n) is 17.2. The first-order chi connectivity index (χ1) is 13.8. The third kappa shape index (κ3) is 4.45. The van der Waals surface area contributed by atoms with E-state index in [9.17, 15) is 9.59 Å². The van der Waals surface area contributed by atoms with Crippen molar-refractivity contribution in [2.45, 2.75) is 40.0 Å². The molecule has 2 N–H and O–H groups in total. The van der Waals surface area contributed by atoms with Crippen LogP contribution in [0, 0.1) is 11.3 Å². The Morgan fingerprint density at radius 1 is 1.34 bits per heavy atom. The molecule has 1 atom stereocenters. The number of piperazine rings is 1. The lowest BCUT2D eigenvalue weighted by atomic mass is 9.72. The third-order valence-electron chi connectivity index (χ3n) is 5.90. The summed E-state index contributed by atoms with van der Waals surface area (Å²) in [5, 5.41) is 5.76. The van der Waals surface area contributed by atoms with Gasteiger partial charge in [-0.15, -0.1) is 11.3 Å². The fraction of sp³-hybridized carbons (Fsp3) is 0.500. The molecular formula is C22H28N4O2S. The van der Waals surface area contributed by atoms with Gasteiger partial charge in [0.05, 0.1) is 23.3 Å². The second-order valence-corrected chi connectivity index (χ2v) is 10.1. The van der Waals surface area contributed by atoms with Crippen molar-refractivity contribution in [1.29, 1.82) is 0 Å². The number of aromatic nitrogens is 1. The summed E-state index contributed by atoms with van der Waals surface area (Å²) in [5.74, 6) is 1.33. The summed E-state index contributed by atoms with van der Waals surface area (Å²) in [5.41, 5.74) is 2.30. The first-order valence-corrected chi connectivity index (χ1v) is 11.0. The van der Waals surface area contributed by atoms with Crippen LogP contribution in [0.15, 0.2) is 24.4 Å². The lowest BCUT2D eigenvalue weighted by Crippen LogP contribution is -2.48. The van der Waals surface area contributed by atoms with Gasteiger partial charge in [-0.1, -0.05) is 20.8 Å². The number of amides is 2. The molecule has 0 aromatic carbocycles. The second kappa shape index (κ2) is 7.78. The number of hydrogen-bond donors (Lipinski definition) is 2. The molecule has 1 aliphatic heterocycles.